The monoisotopic (exact) mass is 311 g/mol. The molecule has 0 spiro atoms. The van der Waals surface area contributed by atoms with Gasteiger partial charge in [0.1, 0.15) is 0 Å². The minimum Gasteiger partial charge on any atom is -0.380 e. The third-order valence-corrected chi connectivity index (χ3v) is 4.05. The molecular weight excluding hydrogens is 270 g/mol. The van der Waals surface area contributed by atoms with Crippen LogP contribution in [0, 0.1) is 0 Å². The van der Waals surface area contributed by atoms with Gasteiger partial charge in [-0.2, -0.15) is 0 Å². The van der Waals surface area contributed by atoms with E-state index in [9.17, 15) is 0 Å². The molecule has 0 saturated heterocycles. The van der Waals surface area contributed by atoms with Crippen LogP contribution in [-0.4, -0.2) is 26.8 Å². The summed E-state index contributed by atoms with van der Waals surface area (Å²) in [4.78, 5) is 0. The van der Waals surface area contributed by atoms with Crippen molar-refractivity contribution in [1.82, 2.24) is 5.32 Å². The largest absolute Gasteiger partial charge is 0.380 e. The van der Waals surface area contributed by atoms with Gasteiger partial charge in [-0.15, -0.1) is 0 Å². The molecule has 0 fully saturated rings. The van der Waals surface area contributed by atoms with Crippen molar-refractivity contribution in [3.63, 3.8) is 0 Å². The van der Waals surface area contributed by atoms with Crippen molar-refractivity contribution in [1.29, 1.82) is 0 Å². The van der Waals surface area contributed by atoms with Gasteiger partial charge in [0.25, 0.3) is 0 Å². The third-order valence-electron chi connectivity index (χ3n) is 4.05. The Hall–Kier alpha value is -0.340. The summed E-state index contributed by atoms with van der Waals surface area (Å²) in [7, 11) is 1.96. The molecule has 0 unspecified atom stereocenters. The fourth-order valence-electron chi connectivity index (χ4n) is 2.55. The van der Waals surface area contributed by atoms with Crippen LogP contribution in [0.4, 0.5) is 0 Å². The molecule has 0 atom stereocenters. The molecule has 0 bridgehead atoms. The van der Waals surface area contributed by atoms with Gasteiger partial charge in [-0.25, -0.2) is 0 Å². The van der Waals surface area contributed by atoms with E-state index in [4.69, 9.17) is 4.74 Å². The maximum Gasteiger partial charge on any atom is 0.0590 e. The van der Waals surface area contributed by atoms with Crippen molar-refractivity contribution in [2.75, 3.05) is 26.8 Å². The molecular formula is C20H41NO. The first-order chi connectivity index (χ1) is 10.9. The standard InChI is InChI=1S/C20H41NO/c1-3-4-5-6-7-8-9-10-11-12-13-14-15-16-17-19-22-20-18-21-2/h10-11,21H,3-9,12-20H2,1-2H3/b11-10-. The van der Waals surface area contributed by atoms with Gasteiger partial charge in [0.15, 0.2) is 0 Å². The molecule has 2 nitrogen and oxygen atoms in total. The summed E-state index contributed by atoms with van der Waals surface area (Å²) in [5, 5.41) is 3.09. The summed E-state index contributed by atoms with van der Waals surface area (Å²) < 4.78 is 5.51. The lowest BCUT2D eigenvalue weighted by atomic mass is 10.1. The second-order valence-corrected chi connectivity index (χ2v) is 6.30. The number of ether oxygens (including phenoxy) is 1. The maximum absolute atomic E-state index is 5.51. The highest BCUT2D eigenvalue weighted by molar-refractivity contribution is 4.81. The highest BCUT2D eigenvalue weighted by Crippen LogP contribution is 2.09. The number of likely N-dealkylation sites (N-methyl/N-ethyl adjacent to an activating group) is 1. The van der Waals surface area contributed by atoms with E-state index >= 15 is 0 Å². The molecule has 0 aliphatic heterocycles. The summed E-state index contributed by atoms with van der Waals surface area (Å²) in [5.41, 5.74) is 0. The molecule has 0 saturated carbocycles. The number of allylic oxidation sites excluding steroid dienone is 2. The van der Waals surface area contributed by atoms with Gasteiger partial charge in [0.05, 0.1) is 6.61 Å². The van der Waals surface area contributed by atoms with E-state index < -0.39 is 0 Å². The smallest absolute Gasteiger partial charge is 0.0590 e. The minimum atomic E-state index is 0.847. The number of rotatable bonds is 18. The molecule has 0 aromatic heterocycles. The Kier molecular flexibility index (Phi) is 20.3. The van der Waals surface area contributed by atoms with Crippen molar-refractivity contribution in [3.8, 4) is 0 Å². The fraction of sp³-hybridized carbons (Fsp3) is 0.900. The van der Waals surface area contributed by atoms with Crippen molar-refractivity contribution in [2.24, 2.45) is 0 Å². The van der Waals surface area contributed by atoms with Crippen LogP contribution in [0.15, 0.2) is 12.2 Å². The highest BCUT2D eigenvalue weighted by Gasteiger charge is 1.91. The van der Waals surface area contributed by atoms with Crippen LogP contribution in [-0.2, 0) is 4.74 Å². The van der Waals surface area contributed by atoms with E-state index in [-0.39, 0.29) is 0 Å². The zero-order valence-corrected chi connectivity index (χ0v) is 15.4. The van der Waals surface area contributed by atoms with Crippen molar-refractivity contribution in [2.45, 2.75) is 90.4 Å². The Labute approximate surface area is 140 Å². The lowest BCUT2D eigenvalue weighted by Crippen LogP contribution is -2.14. The normalized spacial score (nSPS) is 11.5. The molecule has 0 aliphatic carbocycles. The van der Waals surface area contributed by atoms with Crippen LogP contribution in [0.3, 0.4) is 0 Å². The number of hydrogen-bond donors (Lipinski definition) is 1. The lowest BCUT2D eigenvalue weighted by Gasteiger charge is -2.03. The van der Waals surface area contributed by atoms with Gasteiger partial charge in [-0.1, -0.05) is 70.4 Å². The molecule has 0 aromatic rings. The number of nitrogens with one attached hydrogen (secondary N) is 1. The molecule has 0 aliphatic rings. The fourth-order valence-corrected chi connectivity index (χ4v) is 2.55. The van der Waals surface area contributed by atoms with Gasteiger partial charge in [0, 0.05) is 13.2 Å². The number of hydrogen-bond acceptors (Lipinski definition) is 2. The van der Waals surface area contributed by atoms with Crippen molar-refractivity contribution >= 4 is 0 Å². The topological polar surface area (TPSA) is 21.3 Å². The molecule has 1 N–H and O–H groups in total. The van der Waals surface area contributed by atoms with Crippen LogP contribution in [0.5, 0.6) is 0 Å². The van der Waals surface area contributed by atoms with E-state index in [1.165, 1.54) is 83.5 Å². The summed E-state index contributed by atoms with van der Waals surface area (Å²) in [6, 6.07) is 0. The molecule has 2 heteroatoms. The van der Waals surface area contributed by atoms with Crippen LogP contribution in [0.2, 0.25) is 0 Å². The van der Waals surface area contributed by atoms with Crippen molar-refractivity contribution < 1.29 is 4.74 Å². The quantitative estimate of drug-likeness (QED) is 0.252. The Morgan fingerprint density at radius 3 is 1.82 bits per heavy atom. The lowest BCUT2D eigenvalue weighted by molar-refractivity contribution is 0.133. The Balaban J connectivity index is 3.02. The van der Waals surface area contributed by atoms with Gasteiger partial charge in [-0.05, 0) is 39.2 Å². The zero-order valence-electron chi connectivity index (χ0n) is 15.4. The average Bonchev–Trinajstić information content (AvgIpc) is 2.54. The van der Waals surface area contributed by atoms with Crippen LogP contribution >= 0.6 is 0 Å². The van der Waals surface area contributed by atoms with E-state index in [2.05, 4.69) is 24.4 Å². The van der Waals surface area contributed by atoms with Crippen LogP contribution in [0.25, 0.3) is 0 Å². The van der Waals surface area contributed by atoms with Gasteiger partial charge >= 0.3 is 0 Å². The minimum absolute atomic E-state index is 0.847. The predicted molar refractivity (Wildman–Crippen MR) is 99.6 cm³/mol. The predicted octanol–water partition coefficient (Wildman–Crippen LogP) is 5.87. The Morgan fingerprint density at radius 1 is 0.682 bits per heavy atom. The van der Waals surface area contributed by atoms with Crippen LogP contribution < -0.4 is 5.32 Å². The van der Waals surface area contributed by atoms with Gasteiger partial charge in [-0.3, -0.25) is 0 Å². The molecule has 0 radical (unpaired) electrons. The first kappa shape index (κ1) is 21.7. The maximum atomic E-state index is 5.51. The highest BCUT2D eigenvalue weighted by atomic mass is 16.5. The second kappa shape index (κ2) is 20.7. The first-order valence-electron chi connectivity index (χ1n) is 9.79. The first-order valence-corrected chi connectivity index (χ1v) is 9.79. The van der Waals surface area contributed by atoms with Gasteiger partial charge in [0.2, 0.25) is 0 Å². The second-order valence-electron chi connectivity index (χ2n) is 6.30. The Morgan fingerprint density at radius 2 is 1.23 bits per heavy atom. The van der Waals surface area contributed by atoms with Crippen molar-refractivity contribution in [3.05, 3.63) is 12.2 Å². The molecule has 22 heavy (non-hydrogen) atoms. The summed E-state index contributed by atoms with van der Waals surface area (Å²) in [6.45, 7) is 5.02. The molecule has 0 heterocycles. The van der Waals surface area contributed by atoms with E-state index in [0.29, 0.717) is 0 Å². The van der Waals surface area contributed by atoms with E-state index in [0.717, 1.165) is 19.8 Å². The number of unbranched alkanes of at least 4 members (excludes halogenated alkanes) is 11. The average molecular weight is 312 g/mol. The zero-order chi connectivity index (χ0) is 16.1. The third kappa shape index (κ3) is 19.7. The SMILES string of the molecule is CCCCCCCC/C=C\CCCCCCCOCCNC. The molecule has 0 aromatic carbocycles. The van der Waals surface area contributed by atoms with E-state index in [1.54, 1.807) is 0 Å². The van der Waals surface area contributed by atoms with E-state index in [1.807, 2.05) is 7.05 Å². The summed E-state index contributed by atoms with van der Waals surface area (Å²) in [5.74, 6) is 0. The van der Waals surface area contributed by atoms with Gasteiger partial charge < -0.3 is 10.1 Å². The molecule has 0 rings (SSSR count). The Bertz CT molecular complexity index is 216. The summed E-state index contributed by atoms with van der Waals surface area (Å²) >= 11 is 0. The summed E-state index contributed by atoms with van der Waals surface area (Å²) in [6.07, 6.45) is 22.4. The molecule has 132 valence electrons. The van der Waals surface area contributed by atoms with Crippen LogP contribution in [0.1, 0.15) is 90.4 Å². The molecule has 0 amide bonds.